The largest absolute Gasteiger partial charge is 0.465 e. The quantitative estimate of drug-likeness (QED) is 0.289. The van der Waals surface area contributed by atoms with Crippen LogP contribution in [0.4, 0.5) is 8.78 Å². The van der Waals surface area contributed by atoms with Crippen LogP contribution in [-0.2, 0) is 11.8 Å². The summed E-state index contributed by atoms with van der Waals surface area (Å²) in [6.07, 6.45) is 3.58. The van der Waals surface area contributed by atoms with Gasteiger partial charge >= 0.3 is 5.97 Å². The zero-order chi connectivity index (χ0) is 25.8. The Hall–Kier alpha value is -4.47. The Morgan fingerprint density at radius 1 is 1.11 bits per heavy atom. The molecule has 8 nitrogen and oxygen atoms in total. The summed E-state index contributed by atoms with van der Waals surface area (Å²) >= 11 is 0. The van der Waals surface area contributed by atoms with E-state index in [1.165, 1.54) is 32.2 Å². The number of carbonyl (C=O) groups excluding carboxylic acids is 1. The van der Waals surface area contributed by atoms with Crippen molar-refractivity contribution in [3.8, 4) is 34.1 Å². The lowest BCUT2D eigenvalue weighted by Crippen LogP contribution is -2.05. The van der Waals surface area contributed by atoms with Crippen LogP contribution in [0.15, 0.2) is 47.1 Å². The fourth-order valence-corrected chi connectivity index (χ4v) is 4.45. The number of methoxy groups -OCH3 is 1. The second-order valence-corrected chi connectivity index (χ2v) is 9.12. The lowest BCUT2D eigenvalue weighted by molar-refractivity contribution is 0.0595. The van der Waals surface area contributed by atoms with Gasteiger partial charge in [-0.1, -0.05) is 6.07 Å². The van der Waals surface area contributed by atoms with Gasteiger partial charge in [-0.3, -0.25) is 0 Å². The number of aromatic nitrogens is 5. The number of hydrogen-bond acceptors (Lipinski definition) is 7. The SMILES string of the molecule is COC(=O)c1cc2nc(-c3cc(-c4ccc(F)cc4-c4nncn4C)cc(C4CC4)n3)oc2c(C)c1F. The number of halogens is 2. The average Bonchev–Trinajstić information content (AvgIpc) is 3.52. The van der Waals surface area contributed by atoms with Crippen LogP contribution in [0.25, 0.3) is 45.2 Å². The molecule has 1 saturated carbocycles. The minimum atomic E-state index is -0.796. The molecule has 5 aromatic rings. The fraction of sp³-hybridized carbons (Fsp3) is 0.222. The Kier molecular flexibility index (Phi) is 5.32. The predicted molar refractivity (Wildman–Crippen MR) is 131 cm³/mol. The third-order valence-corrected chi connectivity index (χ3v) is 6.55. The van der Waals surface area contributed by atoms with Gasteiger partial charge < -0.3 is 13.7 Å². The summed E-state index contributed by atoms with van der Waals surface area (Å²) in [6.45, 7) is 1.52. The first-order valence-electron chi connectivity index (χ1n) is 11.7. The molecular formula is C27H21F2N5O3. The first-order valence-corrected chi connectivity index (χ1v) is 11.7. The van der Waals surface area contributed by atoms with Crippen LogP contribution in [-0.4, -0.2) is 37.8 Å². The molecule has 0 N–H and O–H groups in total. The fourth-order valence-electron chi connectivity index (χ4n) is 4.45. The van der Waals surface area contributed by atoms with Crippen LogP contribution in [0.5, 0.6) is 0 Å². The Morgan fingerprint density at radius 3 is 2.62 bits per heavy atom. The van der Waals surface area contributed by atoms with Gasteiger partial charge in [0.1, 0.15) is 29.2 Å². The predicted octanol–water partition coefficient (Wildman–Crippen LogP) is 5.60. The van der Waals surface area contributed by atoms with Crippen LogP contribution in [0.3, 0.4) is 0 Å². The molecule has 3 aromatic heterocycles. The Labute approximate surface area is 209 Å². The molecule has 1 aliphatic carbocycles. The molecule has 0 aliphatic heterocycles. The van der Waals surface area contributed by atoms with E-state index in [9.17, 15) is 13.6 Å². The van der Waals surface area contributed by atoms with E-state index in [2.05, 4.69) is 15.2 Å². The maximum absolute atomic E-state index is 14.8. The third kappa shape index (κ3) is 3.94. The second-order valence-electron chi connectivity index (χ2n) is 9.12. The first-order chi connectivity index (χ1) is 17.8. The summed E-state index contributed by atoms with van der Waals surface area (Å²) in [6, 6.07) is 9.62. The van der Waals surface area contributed by atoms with E-state index in [1.807, 2.05) is 6.07 Å². The number of nitrogens with zero attached hydrogens (tertiary/aromatic N) is 5. The molecule has 10 heteroatoms. The molecule has 2 aromatic carbocycles. The first kappa shape index (κ1) is 23.0. The van der Waals surface area contributed by atoms with E-state index < -0.39 is 17.6 Å². The van der Waals surface area contributed by atoms with Crippen molar-refractivity contribution < 1.29 is 22.7 Å². The van der Waals surface area contributed by atoms with Crippen LogP contribution < -0.4 is 0 Å². The van der Waals surface area contributed by atoms with Crippen molar-refractivity contribution in [3.05, 3.63) is 71.2 Å². The van der Waals surface area contributed by atoms with Gasteiger partial charge in [0.05, 0.1) is 12.7 Å². The molecule has 0 amide bonds. The number of aryl methyl sites for hydroxylation is 2. The number of pyridine rings is 1. The number of oxazole rings is 1. The molecular weight excluding hydrogens is 480 g/mol. The van der Waals surface area contributed by atoms with E-state index in [0.29, 0.717) is 28.5 Å². The van der Waals surface area contributed by atoms with Gasteiger partial charge in [0.2, 0.25) is 5.89 Å². The lowest BCUT2D eigenvalue weighted by atomic mass is 9.97. The minimum Gasteiger partial charge on any atom is -0.465 e. The number of fused-ring (bicyclic) bond motifs is 1. The van der Waals surface area contributed by atoms with Crippen molar-refractivity contribution in [2.24, 2.45) is 7.05 Å². The van der Waals surface area contributed by atoms with E-state index >= 15 is 0 Å². The summed E-state index contributed by atoms with van der Waals surface area (Å²) in [7, 11) is 2.98. The average molecular weight is 501 g/mol. The van der Waals surface area contributed by atoms with Crippen molar-refractivity contribution >= 4 is 17.1 Å². The number of ether oxygens (including phenoxy) is 1. The van der Waals surface area contributed by atoms with E-state index in [0.717, 1.165) is 29.7 Å². The number of rotatable bonds is 5. The van der Waals surface area contributed by atoms with E-state index in [4.69, 9.17) is 14.1 Å². The normalized spacial score (nSPS) is 13.3. The standard InChI is InChI=1S/C27H21F2N5O3/c1-13-23(29)19(27(35)36-3)11-21-24(13)37-26(32-21)22-9-15(8-20(31-22)14-4-5-14)17-7-6-16(28)10-18(17)25-33-30-12-34(25)2/h6-12,14H,4-5H2,1-3H3. The van der Waals surface area contributed by atoms with Gasteiger partial charge in [0, 0.05) is 29.8 Å². The molecule has 0 spiro atoms. The van der Waals surface area contributed by atoms with Crippen LogP contribution in [0, 0.1) is 18.6 Å². The van der Waals surface area contributed by atoms with Crippen molar-refractivity contribution in [3.63, 3.8) is 0 Å². The number of hydrogen-bond donors (Lipinski definition) is 0. The molecule has 3 heterocycles. The molecule has 0 unspecified atom stereocenters. The Morgan fingerprint density at radius 2 is 1.92 bits per heavy atom. The molecule has 0 radical (unpaired) electrons. The Bertz CT molecular complexity index is 1700. The molecule has 1 fully saturated rings. The summed E-state index contributed by atoms with van der Waals surface area (Å²) < 4.78 is 41.5. The van der Waals surface area contributed by atoms with E-state index in [-0.39, 0.29) is 22.6 Å². The number of carbonyl (C=O) groups is 1. The van der Waals surface area contributed by atoms with E-state index in [1.54, 1.807) is 30.1 Å². The van der Waals surface area contributed by atoms with Gasteiger partial charge in [-0.25, -0.2) is 23.5 Å². The van der Waals surface area contributed by atoms with Gasteiger partial charge in [0.25, 0.3) is 0 Å². The van der Waals surface area contributed by atoms with Crippen molar-refractivity contribution in [1.82, 2.24) is 24.7 Å². The zero-order valence-electron chi connectivity index (χ0n) is 20.2. The van der Waals surface area contributed by atoms with Gasteiger partial charge in [-0.05, 0) is 61.2 Å². The molecule has 0 atom stereocenters. The smallest absolute Gasteiger partial charge is 0.340 e. The maximum atomic E-state index is 14.8. The maximum Gasteiger partial charge on any atom is 0.340 e. The summed E-state index contributed by atoms with van der Waals surface area (Å²) in [4.78, 5) is 21.4. The summed E-state index contributed by atoms with van der Waals surface area (Å²) in [5.41, 5.74) is 3.89. The molecule has 186 valence electrons. The molecule has 0 bridgehead atoms. The van der Waals surface area contributed by atoms with Crippen LogP contribution in [0.1, 0.15) is 40.4 Å². The highest BCUT2D eigenvalue weighted by Gasteiger charge is 2.28. The van der Waals surface area contributed by atoms with Gasteiger partial charge in [-0.15, -0.1) is 10.2 Å². The van der Waals surface area contributed by atoms with Crippen LogP contribution in [0.2, 0.25) is 0 Å². The monoisotopic (exact) mass is 501 g/mol. The molecule has 0 saturated heterocycles. The lowest BCUT2D eigenvalue weighted by Gasteiger charge is -2.12. The van der Waals surface area contributed by atoms with Crippen molar-refractivity contribution in [1.29, 1.82) is 0 Å². The summed E-state index contributed by atoms with van der Waals surface area (Å²) in [5.74, 6) is -0.907. The van der Waals surface area contributed by atoms with Crippen LogP contribution >= 0.6 is 0 Å². The number of esters is 1. The zero-order valence-corrected chi connectivity index (χ0v) is 20.2. The third-order valence-electron chi connectivity index (χ3n) is 6.55. The highest BCUT2D eigenvalue weighted by Crippen LogP contribution is 2.43. The second kappa shape index (κ2) is 8.58. The van der Waals surface area contributed by atoms with Crippen molar-refractivity contribution in [2.75, 3.05) is 7.11 Å². The van der Waals surface area contributed by atoms with Gasteiger partial charge in [0.15, 0.2) is 11.4 Å². The summed E-state index contributed by atoms with van der Waals surface area (Å²) in [5, 5.41) is 8.10. The minimum absolute atomic E-state index is 0.151. The number of benzene rings is 2. The highest BCUT2D eigenvalue weighted by atomic mass is 19.1. The Balaban J connectivity index is 1.54. The van der Waals surface area contributed by atoms with Gasteiger partial charge in [-0.2, -0.15) is 0 Å². The molecule has 6 rings (SSSR count). The molecule has 37 heavy (non-hydrogen) atoms. The highest BCUT2D eigenvalue weighted by molar-refractivity contribution is 5.95. The van der Waals surface area contributed by atoms with Crippen molar-refractivity contribution in [2.45, 2.75) is 25.7 Å². The topological polar surface area (TPSA) is 95.9 Å². The molecule has 1 aliphatic rings.